The topological polar surface area (TPSA) is 3.24 Å². The number of hydrogen-bond acceptors (Lipinski definition) is 2. The first-order chi connectivity index (χ1) is 4.97. The van der Waals surface area contributed by atoms with Crippen LogP contribution in [0.25, 0.3) is 0 Å². The zero-order valence-electron chi connectivity index (χ0n) is 6.38. The van der Waals surface area contributed by atoms with Gasteiger partial charge in [-0.2, -0.15) is 11.8 Å². The highest BCUT2D eigenvalue weighted by Gasteiger charge is 2.25. The molecule has 0 radical (unpaired) electrons. The van der Waals surface area contributed by atoms with Crippen molar-refractivity contribution in [2.75, 3.05) is 24.6 Å². The van der Waals surface area contributed by atoms with Crippen molar-refractivity contribution in [1.82, 2.24) is 4.90 Å². The average Bonchev–Trinajstić information content (AvgIpc) is 2.28. The normalized spacial score (nSPS) is 35.4. The maximum absolute atomic E-state index is 2.68. The molecule has 0 spiro atoms. The first-order valence-corrected chi connectivity index (χ1v) is 5.44. The Morgan fingerprint density at radius 3 is 3.10 bits per heavy atom. The molecule has 2 rings (SSSR count). The van der Waals surface area contributed by atoms with Gasteiger partial charge in [0.1, 0.15) is 0 Å². The largest absolute Gasteiger partial charge is 0.300 e. The Labute approximate surface area is 67.2 Å². The summed E-state index contributed by atoms with van der Waals surface area (Å²) in [4.78, 5) is 2.68. The second kappa shape index (κ2) is 3.14. The van der Waals surface area contributed by atoms with Gasteiger partial charge in [0.05, 0.1) is 0 Å². The molecule has 0 saturated carbocycles. The highest BCUT2D eigenvalue weighted by molar-refractivity contribution is 7.99. The van der Waals surface area contributed by atoms with E-state index in [0.29, 0.717) is 0 Å². The summed E-state index contributed by atoms with van der Waals surface area (Å²) in [7, 11) is 0. The van der Waals surface area contributed by atoms with Crippen LogP contribution in [0.15, 0.2) is 0 Å². The zero-order chi connectivity index (χ0) is 6.81. The van der Waals surface area contributed by atoms with Crippen LogP contribution in [0, 0.1) is 0 Å². The SMILES string of the molecule is C1CSCC2CCCN2C1. The molecule has 0 aromatic heterocycles. The molecule has 0 bridgehead atoms. The van der Waals surface area contributed by atoms with Crippen LogP contribution in [0.1, 0.15) is 19.3 Å². The van der Waals surface area contributed by atoms with Gasteiger partial charge in [-0.25, -0.2) is 0 Å². The van der Waals surface area contributed by atoms with Crippen molar-refractivity contribution in [1.29, 1.82) is 0 Å². The predicted octanol–water partition coefficient (Wildman–Crippen LogP) is 1.59. The van der Waals surface area contributed by atoms with Crippen molar-refractivity contribution in [2.45, 2.75) is 25.3 Å². The van der Waals surface area contributed by atoms with Crippen LogP contribution < -0.4 is 0 Å². The third kappa shape index (κ3) is 1.32. The molecular formula is C8H15NS. The number of thioether (sulfide) groups is 1. The van der Waals surface area contributed by atoms with Crippen molar-refractivity contribution < 1.29 is 0 Å². The third-order valence-corrected chi connectivity index (χ3v) is 3.74. The van der Waals surface area contributed by atoms with E-state index in [-0.39, 0.29) is 0 Å². The predicted molar refractivity (Wildman–Crippen MR) is 46.5 cm³/mol. The lowest BCUT2D eigenvalue weighted by atomic mass is 10.2. The van der Waals surface area contributed by atoms with Crippen molar-refractivity contribution >= 4 is 11.8 Å². The highest BCUT2D eigenvalue weighted by atomic mass is 32.2. The quantitative estimate of drug-likeness (QED) is 0.525. The van der Waals surface area contributed by atoms with Crippen LogP contribution in [0.4, 0.5) is 0 Å². The van der Waals surface area contributed by atoms with Crippen LogP contribution in [-0.2, 0) is 0 Å². The average molecular weight is 157 g/mol. The van der Waals surface area contributed by atoms with Gasteiger partial charge in [-0.05, 0) is 38.1 Å². The van der Waals surface area contributed by atoms with Gasteiger partial charge in [0.25, 0.3) is 0 Å². The summed E-state index contributed by atoms with van der Waals surface area (Å²) in [5, 5.41) is 0. The van der Waals surface area contributed by atoms with Gasteiger partial charge < -0.3 is 0 Å². The van der Waals surface area contributed by atoms with E-state index in [9.17, 15) is 0 Å². The molecule has 0 aromatic carbocycles. The first-order valence-electron chi connectivity index (χ1n) is 4.28. The minimum absolute atomic E-state index is 0.951. The number of rotatable bonds is 0. The Morgan fingerprint density at radius 2 is 2.10 bits per heavy atom. The summed E-state index contributed by atoms with van der Waals surface area (Å²) >= 11 is 2.15. The standard InChI is InChI=1S/C8H15NS/c1-3-8-7-10-6-2-5-9(8)4-1/h8H,1-7H2. The number of nitrogens with zero attached hydrogens (tertiary/aromatic N) is 1. The molecule has 2 fully saturated rings. The van der Waals surface area contributed by atoms with Crippen LogP contribution >= 0.6 is 11.8 Å². The molecule has 2 aliphatic heterocycles. The zero-order valence-corrected chi connectivity index (χ0v) is 7.20. The maximum Gasteiger partial charge on any atom is 0.0186 e. The second-order valence-electron chi connectivity index (χ2n) is 3.26. The van der Waals surface area contributed by atoms with Gasteiger partial charge in [0, 0.05) is 11.8 Å². The van der Waals surface area contributed by atoms with Gasteiger partial charge in [0.15, 0.2) is 0 Å². The summed E-state index contributed by atoms with van der Waals surface area (Å²) in [6.07, 6.45) is 4.33. The monoisotopic (exact) mass is 157 g/mol. The summed E-state index contributed by atoms with van der Waals surface area (Å²) in [6.45, 7) is 2.75. The van der Waals surface area contributed by atoms with E-state index in [1.165, 1.54) is 43.9 Å². The fraction of sp³-hybridized carbons (Fsp3) is 1.00. The molecule has 2 aliphatic rings. The summed E-state index contributed by atoms with van der Waals surface area (Å²) < 4.78 is 0. The lowest BCUT2D eigenvalue weighted by Gasteiger charge is -2.19. The van der Waals surface area contributed by atoms with Gasteiger partial charge in [-0.1, -0.05) is 0 Å². The molecule has 10 heavy (non-hydrogen) atoms. The smallest absolute Gasteiger partial charge is 0.0186 e. The molecule has 0 N–H and O–H groups in total. The summed E-state index contributed by atoms with van der Waals surface area (Å²) in [5.74, 6) is 2.80. The minimum atomic E-state index is 0.951. The van der Waals surface area contributed by atoms with Crippen LogP contribution in [-0.4, -0.2) is 35.5 Å². The Morgan fingerprint density at radius 1 is 1.20 bits per heavy atom. The summed E-state index contributed by atoms with van der Waals surface area (Å²) in [5.41, 5.74) is 0. The molecule has 2 saturated heterocycles. The van der Waals surface area contributed by atoms with E-state index in [0.717, 1.165) is 6.04 Å². The molecule has 2 heteroatoms. The molecule has 0 aromatic rings. The van der Waals surface area contributed by atoms with Gasteiger partial charge in [-0.15, -0.1) is 0 Å². The van der Waals surface area contributed by atoms with E-state index in [4.69, 9.17) is 0 Å². The number of fused-ring (bicyclic) bond motifs is 1. The van der Waals surface area contributed by atoms with Crippen LogP contribution in [0.5, 0.6) is 0 Å². The fourth-order valence-electron chi connectivity index (χ4n) is 1.97. The van der Waals surface area contributed by atoms with Crippen molar-refractivity contribution in [3.05, 3.63) is 0 Å². The Hall–Kier alpha value is 0.310. The molecule has 0 amide bonds. The maximum atomic E-state index is 2.68. The molecule has 1 nitrogen and oxygen atoms in total. The van der Waals surface area contributed by atoms with Crippen LogP contribution in [0.2, 0.25) is 0 Å². The molecule has 2 heterocycles. The van der Waals surface area contributed by atoms with E-state index in [2.05, 4.69) is 16.7 Å². The van der Waals surface area contributed by atoms with Crippen LogP contribution in [0.3, 0.4) is 0 Å². The van der Waals surface area contributed by atoms with E-state index in [1.54, 1.807) is 0 Å². The molecule has 0 aliphatic carbocycles. The van der Waals surface area contributed by atoms with Crippen molar-refractivity contribution in [3.63, 3.8) is 0 Å². The van der Waals surface area contributed by atoms with E-state index in [1.807, 2.05) is 0 Å². The summed E-state index contributed by atoms with van der Waals surface area (Å²) in [6, 6.07) is 0.951. The van der Waals surface area contributed by atoms with E-state index < -0.39 is 0 Å². The molecule has 1 unspecified atom stereocenters. The second-order valence-corrected chi connectivity index (χ2v) is 4.41. The lowest BCUT2D eigenvalue weighted by Crippen LogP contribution is -2.30. The molecule has 58 valence electrons. The van der Waals surface area contributed by atoms with Gasteiger partial charge >= 0.3 is 0 Å². The van der Waals surface area contributed by atoms with E-state index >= 15 is 0 Å². The Kier molecular flexibility index (Phi) is 2.19. The van der Waals surface area contributed by atoms with Gasteiger partial charge in [-0.3, -0.25) is 4.90 Å². The Balaban J connectivity index is 1.95. The Bertz CT molecular complexity index is 104. The first kappa shape index (κ1) is 6.99. The highest BCUT2D eigenvalue weighted by Crippen LogP contribution is 2.24. The lowest BCUT2D eigenvalue weighted by molar-refractivity contribution is 0.278. The third-order valence-electron chi connectivity index (χ3n) is 2.54. The van der Waals surface area contributed by atoms with Gasteiger partial charge in [0.2, 0.25) is 0 Å². The number of hydrogen-bond donors (Lipinski definition) is 0. The molecule has 1 atom stereocenters. The molecular weight excluding hydrogens is 142 g/mol. The fourth-order valence-corrected chi connectivity index (χ4v) is 3.12. The van der Waals surface area contributed by atoms with Crippen molar-refractivity contribution in [2.24, 2.45) is 0 Å². The minimum Gasteiger partial charge on any atom is -0.300 e. The van der Waals surface area contributed by atoms with Crippen molar-refractivity contribution in [3.8, 4) is 0 Å².